The number of nitrogens with two attached hydrogens (primary N) is 1. The lowest BCUT2D eigenvalue weighted by molar-refractivity contribution is 0.100. The summed E-state index contributed by atoms with van der Waals surface area (Å²) >= 11 is 5.84. The van der Waals surface area contributed by atoms with Gasteiger partial charge in [0, 0.05) is 17.8 Å². The number of primary amides is 1. The van der Waals surface area contributed by atoms with Crippen LogP contribution in [0.4, 0.5) is 10.1 Å². The van der Waals surface area contributed by atoms with Gasteiger partial charge in [-0.25, -0.2) is 4.39 Å². The number of carbonyl (C=O) groups is 1. The van der Waals surface area contributed by atoms with Gasteiger partial charge in [-0.15, -0.1) is 0 Å². The van der Waals surface area contributed by atoms with Crippen molar-refractivity contribution in [3.63, 3.8) is 0 Å². The van der Waals surface area contributed by atoms with E-state index in [0.717, 1.165) is 0 Å². The summed E-state index contributed by atoms with van der Waals surface area (Å²) in [5, 5.41) is 12.8. The van der Waals surface area contributed by atoms with E-state index in [4.69, 9.17) is 17.3 Å². The van der Waals surface area contributed by atoms with Crippen molar-refractivity contribution >= 4 is 23.2 Å². The van der Waals surface area contributed by atoms with Crippen LogP contribution in [-0.2, 0) is 6.54 Å². The number of phenols is 1. The van der Waals surface area contributed by atoms with Crippen LogP contribution in [0, 0.1) is 5.82 Å². The van der Waals surface area contributed by atoms with Crippen LogP contribution in [0.15, 0.2) is 36.4 Å². The maximum Gasteiger partial charge on any atom is 0.250 e. The molecule has 0 saturated carbocycles. The van der Waals surface area contributed by atoms with E-state index in [2.05, 4.69) is 5.32 Å². The standard InChI is InChI=1S/C14H12ClFN2O2/c15-12-3-2-10(6-11(12)14(17)20)18-7-8-5-9(16)1-4-13(8)19/h1-6,18-19H,7H2,(H2,17,20). The monoisotopic (exact) mass is 294 g/mol. The van der Waals surface area contributed by atoms with E-state index in [1.54, 1.807) is 6.07 Å². The molecule has 0 saturated heterocycles. The van der Waals surface area contributed by atoms with Gasteiger partial charge in [-0.05, 0) is 36.4 Å². The molecule has 20 heavy (non-hydrogen) atoms. The van der Waals surface area contributed by atoms with E-state index in [9.17, 15) is 14.3 Å². The van der Waals surface area contributed by atoms with Crippen molar-refractivity contribution in [2.45, 2.75) is 6.54 Å². The molecule has 0 unspecified atom stereocenters. The van der Waals surface area contributed by atoms with Crippen LogP contribution >= 0.6 is 11.6 Å². The van der Waals surface area contributed by atoms with Crippen LogP contribution in [0.3, 0.4) is 0 Å². The predicted molar refractivity (Wildman–Crippen MR) is 75.4 cm³/mol. The van der Waals surface area contributed by atoms with Crippen molar-refractivity contribution < 1.29 is 14.3 Å². The lowest BCUT2D eigenvalue weighted by Crippen LogP contribution is -2.12. The Morgan fingerprint density at radius 1 is 1.30 bits per heavy atom. The fraction of sp³-hybridized carbons (Fsp3) is 0.0714. The Labute approximate surface area is 120 Å². The van der Waals surface area contributed by atoms with E-state index in [-0.39, 0.29) is 22.9 Å². The van der Waals surface area contributed by atoms with Gasteiger partial charge >= 0.3 is 0 Å². The van der Waals surface area contributed by atoms with Crippen LogP contribution in [0.25, 0.3) is 0 Å². The van der Waals surface area contributed by atoms with E-state index in [0.29, 0.717) is 11.3 Å². The summed E-state index contributed by atoms with van der Waals surface area (Å²) in [6.07, 6.45) is 0. The molecule has 4 N–H and O–H groups in total. The molecule has 0 bridgehead atoms. The molecule has 0 aliphatic rings. The molecule has 0 aromatic heterocycles. The first kappa shape index (κ1) is 14.1. The second-order valence-electron chi connectivity index (χ2n) is 4.19. The highest BCUT2D eigenvalue weighted by Crippen LogP contribution is 2.22. The number of carbonyl (C=O) groups excluding carboxylic acids is 1. The number of hydrogen-bond acceptors (Lipinski definition) is 3. The van der Waals surface area contributed by atoms with Gasteiger partial charge in [-0.1, -0.05) is 11.6 Å². The normalized spacial score (nSPS) is 10.3. The van der Waals surface area contributed by atoms with Crippen LogP contribution < -0.4 is 11.1 Å². The zero-order valence-electron chi connectivity index (χ0n) is 10.4. The Morgan fingerprint density at radius 3 is 2.75 bits per heavy atom. The summed E-state index contributed by atoms with van der Waals surface area (Å²) in [6.45, 7) is 0.198. The Hall–Kier alpha value is -2.27. The number of aromatic hydroxyl groups is 1. The topological polar surface area (TPSA) is 75.4 Å². The first-order valence-electron chi connectivity index (χ1n) is 5.78. The fourth-order valence-corrected chi connectivity index (χ4v) is 1.93. The van der Waals surface area contributed by atoms with E-state index in [1.807, 2.05) is 0 Å². The molecular formula is C14H12ClFN2O2. The number of anilines is 1. The Morgan fingerprint density at radius 2 is 2.05 bits per heavy atom. The summed E-state index contributed by atoms with van der Waals surface area (Å²) in [6, 6.07) is 8.38. The number of hydrogen-bond donors (Lipinski definition) is 3. The molecule has 4 nitrogen and oxygen atoms in total. The van der Waals surface area contributed by atoms with Crippen molar-refractivity contribution in [2.75, 3.05) is 5.32 Å². The fourth-order valence-electron chi connectivity index (χ4n) is 1.72. The summed E-state index contributed by atoms with van der Waals surface area (Å²) in [4.78, 5) is 11.2. The molecule has 2 aromatic carbocycles. The third-order valence-electron chi connectivity index (χ3n) is 2.76. The lowest BCUT2D eigenvalue weighted by atomic mass is 10.1. The maximum absolute atomic E-state index is 13.1. The van der Waals surface area contributed by atoms with Crippen LogP contribution in [-0.4, -0.2) is 11.0 Å². The predicted octanol–water partition coefficient (Wildman–Crippen LogP) is 2.90. The number of phenolic OH excluding ortho intramolecular Hbond substituents is 1. The molecule has 6 heteroatoms. The molecule has 0 spiro atoms. The van der Waals surface area contributed by atoms with Gasteiger partial charge in [0.2, 0.25) is 5.91 Å². The number of nitrogens with one attached hydrogen (secondary N) is 1. The van der Waals surface area contributed by atoms with Gasteiger partial charge in [-0.3, -0.25) is 4.79 Å². The molecule has 0 aliphatic heterocycles. The van der Waals surface area contributed by atoms with E-state index < -0.39 is 11.7 Å². The minimum atomic E-state index is -0.632. The second kappa shape index (κ2) is 5.79. The average Bonchev–Trinajstić information content (AvgIpc) is 2.41. The summed E-state index contributed by atoms with van der Waals surface area (Å²) in [5.41, 5.74) is 6.38. The molecular weight excluding hydrogens is 283 g/mol. The largest absolute Gasteiger partial charge is 0.508 e. The van der Waals surface area contributed by atoms with Crippen molar-refractivity contribution in [1.29, 1.82) is 0 Å². The van der Waals surface area contributed by atoms with Crippen LogP contribution in [0.5, 0.6) is 5.75 Å². The van der Waals surface area contributed by atoms with Gasteiger partial charge in [0.05, 0.1) is 10.6 Å². The van der Waals surface area contributed by atoms with Crippen molar-refractivity contribution in [2.24, 2.45) is 5.73 Å². The molecule has 0 fully saturated rings. The van der Waals surface area contributed by atoms with Crippen molar-refractivity contribution in [1.82, 2.24) is 0 Å². The SMILES string of the molecule is NC(=O)c1cc(NCc2cc(F)ccc2O)ccc1Cl. The quantitative estimate of drug-likeness (QED) is 0.811. The molecule has 2 aromatic rings. The summed E-state index contributed by atoms with van der Waals surface area (Å²) in [5.74, 6) is -1.08. The van der Waals surface area contributed by atoms with Gasteiger partial charge in [0.15, 0.2) is 0 Å². The minimum Gasteiger partial charge on any atom is -0.508 e. The van der Waals surface area contributed by atoms with Crippen molar-refractivity contribution in [3.8, 4) is 5.75 Å². The zero-order chi connectivity index (χ0) is 14.7. The summed E-state index contributed by atoms with van der Waals surface area (Å²) in [7, 11) is 0. The molecule has 2 rings (SSSR count). The smallest absolute Gasteiger partial charge is 0.250 e. The van der Waals surface area contributed by atoms with Gasteiger partial charge in [0.1, 0.15) is 11.6 Å². The maximum atomic E-state index is 13.1. The molecule has 0 aliphatic carbocycles. The Bertz CT molecular complexity index is 662. The number of benzene rings is 2. The van der Waals surface area contributed by atoms with E-state index >= 15 is 0 Å². The molecule has 0 atom stereocenters. The third-order valence-corrected chi connectivity index (χ3v) is 3.09. The molecule has 1 amide bonds. The highest BCUT2D eigenvalue weighted by atomic mass is 35.5. The first-order valence-corrected chi connectivity index (χ1v) is 6.16. The highest BCUT2D eigenvalue weighted by Gasteiger charge is 2.08. The number of amides is 1. The summed E-state index contributed by atoms with van der Waals surface area (Å²) < 4.78 is 13.1. The van der Waals surface area contributed by atoms with Gasteiger partial charge in [-0.2, -0.15) is 0 Å². The van der Waals surface area contributed by atoms with E-state index in [1.165, 1.54) is 30.3 Å². The zero-order valence-corrected chi connectivity index (χ0v) is 11.1. The minimum absolute atomic E-state index is 0.0111. The van der Waals surface area contributed by atoms with Crippen molar-refractivity contribution in [3.05, 3.63) is 58.4 Å². The molecule has 0 radical (unpaired) electrons. The van der Waals surface area contributed by atoms with Gasteiger partial charge in [0.25, 0.3) is 0 Å². The average molecular weight is 295 g/mol. The molecule has 104 valence electrons. The van der Waals surface area contributed by atoms with Crippen LogP contribution in [0.2, 0.25) is 5.02 Å². The Balaban J connectivity index is 2.17. The van der Waals surface area contributed by atoms with Crippen LogP contribution in [0.1, 0.15) is 15.9 Å². The Kier molecular flexibility index (Phi) is 4.10. The second-order valence-corrected chi connectivity index (χ2v) is 4.59. The first-order chi connectivity index (χ1) is 9.47. The lowest BCUT2D eigenvalue weighted by Gasteiger charge is -2.10. The highest BCUT2D eigenvalue weighted by molar-refractivity contribution is 6.33. The number of halogens is 2. The number of rotatable bonds is 4. The third kappa shape index (κ3) is 3.19. The van der Waals surface area contributed by atoms with Gasteiger partial charge < -0.3 is 16.2 Å². The molecule has 0 heterocycles.